The molecule has 1 aliphatic carbocycles. The van der Waals surface area contributed by atoms with Crippen LogP contribution in [0.4, 0.5) is 0 Å². The Hall–Kier alpha value is -0.830. The van der Waals surface area contributed by atoms with Gasteiger partial charge in [-0.25, -0.2) is 4.79 Å². The average Bonchev–Trinajstić information content (AvgIpc) is 2.66. The Kier molecular flexibility index (Phi) is 4.14. The van der Waals surface area contributed by atoms with Crippen LogP contribution in [-0.2, 0) is 4.79 Å². The minimum absolute atomic E-state index is 0.245. The van der Waals surface area contributed by atoms with E-state index >= 15 is 0 Å². The van der Waals surface area contributed by atoms with E-state index in [2.05, 4.69) is 18.8 Å². The van der Waals surface area contributed by atoms with Crippen LogP contribution in [0.2, 0.25) is 0 Å². The van der Waals surface area contributed by atoms with Gasteiger partial charge < -0.3 is 10.4 Å². The Labute approximate surface area is 85.2 Å². The monoisotopic (exact) mass is 197 g/mol. The molecule has 0 aromatic heterocycles. The molecule has 0 aromatic carbocycles. The summed E-state index contributed by atoms with van der Waals surface area (Å²) in [6.45, 7) is 6.02. The molecule has 1 rings (SSSR count). The van der Waals surface area contributed by atoms with Crippen LogP contribution in [0.1, 0.15) is 32.6 Å². The third kappa shape index (κ3) is 3.14. The molecular formula is C11H19NO2. The van der Waals surface area contributed by atoms with E-state index in [9.17, 15) is 4.79 Å². The lowest BCUT2D eigenvalue weighted by molar-refractivity contribution is -0.132. The molecule has 0 saturated heterocycles. The van der Waals surface area contributed by atoms with Gasteiger partial charge in [-0.3, -0.25) is 0 Å². The molecule has 3 nitrogen and oxygen atoms in total. The molecule has 1 saturated carbocycles. The summed E-state index contributed by atoms with van der Waals surface area (Å²) in [5.74, 6) is -0.187. The van der Waals surface area contributed by atoms with Gasteiger partial charge in [-0.1, -0.05) is 19.4 Å². The topological polar surface area (TPSA) is 49.3 Å². The number of nitrogens with one attached hydrogen (secondary N) is 1. The summed E-state index contributed by atoms with van der Waals surface area (Å²) < 4.78 is 0. The van der Waals surface area contributed by atoms with Crippen molar-refractivity contribution >= 4 is 5.97 Å². The van der Waals surface area contributed by atoms with Crippen LogP contribution in [0.3, 0.4) is 0 Å². The first-order valence-corrected chi connectivity index (χ1v) is 5.25. The predicted octanol–water partition coefficient (Wildman–Crippen LogP) is 1.80. The van der Waals surface area contributed by atoms with E-state index in [4.69, 9.17) is 5.11 Å². The van der Waals surface area contributed by atoms with Gasteiger partial charge in [0.25, 0.3) is 0 Å². The molecule has 0 radical (unpaired) electrons. The maximum Gasteiger partial charge on any atom is 0.332 e. The number of aliphatic carboxylic acids is 1. The lowest BCUT2D eigenvalue weighted by atomic mass is 10.00. The second kappa shape index (κ2) is 5.15. The Morgan fingerprint density at radius 1 is 1.57 bits per heavy atom. The fraction of sp³-hybridized carbons (Fsp3) is 0.727. The zero-order valence-corrected chi connectivity index (χ0v) is 8.75. The first kappa shape index (κ1) is 11.2. The number of hydrogen-bond donors (Lipinski definition) is 2. The molecule has 0 spiro atoms. The zero-order valence-electron chi connectivity index (χ0n) is 8.75. The molecule has 3 heteroatoms. The van der Waals surface area contributed by atoms with Crippen molar-refractivity contribution in [2.45, 2.75) is 38.6 Å². The summed E-state index contributed by atoms with van der Waals surface area (Å²) >= 11 is 0. The highest BCUT2D eigenvalue weighted by Crippen LogP contribution is 2.27. The normalized spacial score (nSPS) is 19.5. The lowest BCUT2D eigenvalue weighted by Gasteiger charge is -2.20. The molecule has 0 aliphatic heterocycles. The van der Waals surface area contributed by atoms with Crippen molar-refractivity contribution < 1.29 is 9.90 Å². The smallest absolute Gasteiger partial charge is 0.332 e. The molecule has 0 amide bonds. The molecule has 14 heavy (non-hydrogen) atoms. The van der Waals surface area contributed by atoms with Crippen LogP contribution in [0.5, 0.6) is 0 Å². The minimum Gasteiger partial charge on any atom is -0.478 e. The number of carbonyl (C=O) groups is 1. The van der Waals surface area contributed by atoms with Crippen LogP contribution >= 0.6 is 0 Å². The number of carboxylic acids is 1. The van der Waals surface area contributed by atoms with Crippen LogP contribution in [0.15, 0.2) is 12.2 Å². The van der Waals surface area contributed by atoms with Gasteiger partial charge in [0, 0.05) is 18.2 Å². The predicted molar refractivity (Wildman–Crippen MR) is 56.2 cm³/mol. The second-order valence-corrected chi connectivity index (χ2v) is 4.12. The molecule has 0 heterocycles. The standard InChI is InChI=1S/C11H19NO2/c1-8(11(13)14)7-12-9(2)10-5-3-4-6-10/h9-10,12H,1,3-7H2,2H3,(H,13,14)/t9-/m1/s1. The molecule has 0 bridgehead atoms. The van der Waals surface area contributed by atoms with Gasteiger partial charge in [0.15, 0.2) is 0 Å². The van der Waals surface area contributed by atoms with Crippen LogP contribution in [0.25, 0.3) is 0 Å². The van der Waals surface area contributed by atoms with Crippen molar-refractivity contribution in [1.29, 1.82) is 0 Å². The van der Waals surface area contributed by atoms with Gasteiger partial charge in [0.1, 0.15) is 0 Å². The lowest BCUT2D eigenvalue weighted by Crippen LogP contribution is -2.34. The van der Waals surface area contributed by atoms with Gasteiger partial charge in [-0.15, -0.1) is 0 Å². The van der Waals surface area contributed by atoms with Crippen LogP contribution < -0.4 is 5.32 Å². The number of rotatable bonds is 5. The van der Waals surface area contributed by atoms with Gasteiger partial charge in [0.2, 0.25) is 0 Å². The fourth-order valence-corrected chi connectivity index (χ4v) is 1.98. The molecule has 1 atom stereocenters. The van der Waals surface area contributed by atoms with Gasteiger partial charge in [-0.05, 0) is 25.7 Å². The Morgan fingerprint density at radius 2 is 2.14 bits per heavy atom. The molecule has 1 aliphatic rings. The Balaban J connectivity index is 2.23. The maximum atomic E-state index is 10.5. The second-order valence-electron chi connectivity index (χ2n) is 4.12. The molecular weight excluding hydrogens is 178 g/mol. The zero-order chi connectivity index (χ0) is 10.6. The van der Waals surface area contributed by atoms with Gasteiger partial charge in [-0.2, -0.15) is 0 Å². The molecule has 1 fully saturated rings. The van der Waals surface area contributed by atoms with Crippen molar-refractivity contribution in [2.75, 3.05) is 6.54 Å². The quantitative estimate of drug-likeness (QED) is 0.661. The molecule has 80 valence electrons. The van der Waals surface area contributed by atoms with Crippen molar-refractivity contribution in [3.8, 4) is 0 Å². The summed E-state index contributed by atoms with van der Waals surface area (Å²) in [5, 5.41) is 11.8. The van der Waals surface area contributed by atoms with Crippen LogP contribution in [-0.4, -0.2) is 23.7 Å². The highest BCUT2D eigenvalue weighted by atomic mass is 16.4. The largest absolute Gasteiger partial charge is 0.478 e. The van der Waals surface area contributed by atoms with Crippen molar-refractivity contribution in [1.82, 2.24) is 5.32 Å². The van der Waals surface area contributed by atoms with E-state index in [0.29, 0.717) is 12.6 Å². The average molecular weight is 197 g/mol. The first-order chi connectivity index (χ1) is 6.61. The van der Waals surface area contributed by atoms with E-state index in [1.807, 2.05) is 0 Å². The summed E-state index contributed by atoms with van der Waals surface area (Å²) in [5.41, 5.74) is 0.245. The van der Waals surface area contributed by atoms with Crippen molar-refractivity contribution in [3.63, 3.8) is 0 Å². The summed E-state index contributed by atoms with van der Waals surface area (Å²) in [4.78, 5) is 10.5. The van der Waals surface area contributed by atoms with E-state index in [-0.39, 0.29) is 5.57 Å². The summed E-state index contributed by atoms with van der Waals surface area (Å²) in [6, 6.07) is 0.411. The fourth-order valence-electron chi connectivity index (χ4n) is 1.98. The highest BCUT2D eigenvalue weighted by Gasteiger charge is 2.21. The van der Waals surface area contributed by atoms with E-state index in [0.717, 1.165) is 5.92 Å². The maximum absolute atomic E-state index is 10.5. The van der Waals surface area contributed by atoms with E-state index in [1.165, 1.54) is 25.7 Å². The Morgan fingerprint density at radius 3 is 2.64 bits per heavy atom. The molecule has 2 N–H and O–H groups in total. The summed E-state index contributed by atoms with van der Waals surface area (Å²) in [7, 11) is 0. The number of carboxylic acid groups (broad SMARTS) is 1. The Bertz CT molecular complexity index is 219. The molecule has 0 aromatic rings. The first-order valence-electron chi connectivity index (χ1n) is 5.25. The number of hydrogen-bond acceptors (Lipinski definition) is 2. The van der Waals surface area contributed by atoms with Crippen molar-refractivity contribution in [2.24, 2.45) is 5.92 Å². The van der Waals surface area contributed by atoms with Crippen molar-refractivity contribution in [3.05, 3.63) is 12.2 Å². The summed E-state index contributed by atoms with van der Waals surface area (Å²) in [6.07, 6.45) is 5.18. The van der Waals surface area contributed by atoms with E-state index < -0.39 is 5.97 Å². The van der Waals surface area contributed by atoms with E-state index in [1.54, 1.807) is 0 Å². The minimum atomic E-state index is -0.906. The van der Waals surface area contributed by atoms with Crippen LogP contribution in [0, 0.1) is 5.92 Å². The third-order valence-electron chi connectivity index (χ3n) is 3.05. The van der Waals surface area contributed by atoms with Gasteiger partial charge >= 0.3 is 5.97 Å². The molecule has 0 unspecified atom stereocenters. The SMILES string of the molecule is C=C(CN[C@H](C)C1CCCC1)C(=O)O. The highest BCUT2D eigenvalue weighted by molar-refractivity contribution is 5.86. The third-order valence-corrected chi connectivity index (χ3v) is 3.05. The van der Waals surface area contributed by atoms with Gasteiger partial charge in [0.05, 0.1) is 0 Å².